The first-order valence-electron chi connectivity index (χ1n) is 6.62. The number of aryl methyl sites for hydroxylation is 1. The van der Waals surface area contributed by atoms with Gasteiger partial charge >= 0.3 is 0 Å². The van der Waals surface area contributed by atoms with Crippen LogP contribution in [0.5, 0.6) is 0 Å². The van der Waals surface area contributed by atoms with Crippen LogP contribution in [0.3, 0.4) is 0 Å². The van der Waals surface area contributed by atoms with Gasteiger partial charge in [0.15, 0.2) is 0 Å². The molecule has 0 radical (unpaired) electrons. The predicted octanol–water partition coefficient (Wildman–Crippen LogP) is 1.81. The van der Waals surface area contributed by atoms with E-state index in [0.29, 0.717) is 13.1 Å². The standard InChI is InChI=1S/C14H16N4OS/c1-11-3-4-12(20-11)13(19)17-7-9-18(10-8-17)14-15-5-2-6-16-14/h2-6H,7-10H2,1H3. The van der Waals surface area contributed by atoms with E-state index >= 15 is 0 Å². The lowest BCUT2D eigenvalue weighted by Gasteiger charge is -2.34. The van der Waals surface area contributed by atoms with Crippen molar-refractivity contribution in [3.05, 3.63) is 40.3 Å². The van der Waals surface area contributed by atoms with Gasteiger partial charge in [0.1, 0.15) is 0 Å². The highest BCUT2D eigenvalue weighted by atomic mass is 32.1. The molecule has 2 aromatic heterocycles. The van der Waals surface area contributed by atoms with Crippen molar-refractivity contribution in [1.29, 1.82) is 0 Å². The Hall–Kier alpha value is -1.95. The Kier molecular flexibility index (Phi) is 3.64. The van der Waals surface area contributed by atoms with E-state index in [1.54, 1.807) is 23.7 Å². The van der Waals surface area contributed by atoms with Crippen LogP contribution < -0.4 is 4.90 Å². The van der Waals surface area contributed by atoms with E-state index in [-0.39, 0.29) is 5.91 Å². The first kappa shape index (κ1) is 13.1. The van der Waals surface area contributed by atoms with Crippen molar-refractivity contribution in [3.8, 4) is 0 Å². The zero-order valence-corrected chi connectivity index (χ0v) is 12.1. The number of hydrogen-bond donors (Lipinski definition) is 0. The molecule has 1 fully saturated rings. The molecule has 1 amide bonds. The minimum atomic E-state index is 0.136. The molecule has 20 heavy (non-hydrogen) atoms. The van der Waals surface area contributed by atoms with E-state index < -0.39 is 0 Å². The highest BCUT2D eigenvalue weighted by Crippen LogP contribution is 2.18. The number of carbonyl (C=O) groups is 1. The highest BCUT2D eigenvalue weighted by Gasteiger charge is 2.23. The molecule has 3 rings (SSSR count). The van der Waals surface area contributed by atoms with E-state index in [1.807, 2.05) is 30.0 Å². The topological polar surface area (TPSA) is 49.3 Å². The van der Waals surface area contributed by atoms with Gasteiger partial charge in [-0.2, -0.15) is 0 Å². The zero-order chi connectivity index (χ0) is 13.9. The number of aromatic nitrogens is 2. The molecular formula is C14H16N4OS. The molecule has 0 spiro atoms. The van der Waals surface area contributed by atoms with Crippen molar-refractivity contribution in [2.24, 2.45) is 0 Å². The van der Waals surface area contributed by atoms with E-state index in [0.717, 1.165) is 23.9 Å². The van der Waals surface area contributed by atoms with Gasteiger partial charge in [0.25, 0.3) is 5.91 Å². The zero-order valence-electron chi connectivity index (χ0n) is 11.3. The van der Waals surface area contributed by atoms with Crippen molar-refractivity contribution in [2.45, 2.75) is 6.92 Å². The number of carbonyl (C=O) groups excluding carboxylic acids is 1. The van der Waals surface area contributed by atoms with Crippen LogP contribution in [0.2, 0.25) is 0 Å². The SMILES string of the molecule is Cc1ccc(C(=O)N2CCN(c3ncccn3)CC2)s1. The largest absolute Gasteiger partial charge is 0.337 e. The molecule has 0 bridgehead atoms. The van der Waals surface area contributed by atoms with Gasteiger partial charge < -0.3 is 9.80 Å². The van der Waals surface area contributed by atoms with E-state index in [1.165, 1.54) is 4.88 Å². The van der Waals surface area contributed by atoms with Crippen LogP contribution in [0.1, 0.15) is 14.5 Å². The number of hydrogen-bond acceptors (Lipinski definition) is 5. The van der Waals surface area contributed by atoms with Gasteiger partial charge in [-0.05, 0) is 25.1 Å². The Bertz CT molecular complexity index is 590. The third-order valence-electron chi connectivity index (χ3n) is 3.35. The summed E-state index contributed by atoms with van der Waals surface area (Å²) in [5, 5.41) is 0. The minimum Gasteiger partial charge on any atom is -0.337 e. The van der Waals surface area contributed by atoms with Gasteiger partial charge in [-0.15, -0.1) is 11.3 Å². The lowest BCUT2D eigenvalue weighted by molar-refractivity contribution is 0.0751. The van der Waals surface area contributed by atoms with Crippen LogP contribution in [0.4, 0.5) is 5.95 Å². The quantitative estimate of drug-likeness (QED) is 0.845. The summed E-state index contributed by atoms with van der Waals surface area (Å²) in [6, 6.07) is 5.71. The van der Waals surface area contributed by atoms with Crippen molar-refractivity contribution < 1.29 is 4.79 Å². The molecule has 0 aliphatic carbocycles. The molecule has 1 aliphatic heterocycles. The molecule has 0 unspecified atom stereocenters. The number of anilines is 1. The number of rotatable bonds is 2. The van der Waals surface area contributed by atoms with Crippen molar-refractivity contribution in [2.75, 3.05) is 31.1 Å². The molecule has 2 aromatic rings. The average Bonchev–Trinajstić information content (AvgIpc) is 2.94. The molecule has 0 saturated carbocycles. The Morgan fingerprint density at radius 1 is 1.15 bits per heavy atom. The normalized spacial score (nSPS) is 15.4. The Balaban J connectivity index is 1.63. The smallest absolute Gasteiger partial charge is 0.264 e. The summed E-state index contributed by atoms with van der Waals surface area (Å²) in [5.41, 5.74) is 0. The maximum atomic E-state index is 12.3. The summed E-state index contributed by atoms with van der Waals surface area (Å²) in [6.07, 6.45) is 3.49. The fourth-order valence-corrected chi connectivity index (χ4v) is 3.10. The number of thiophene rings is 1. The number of piperazine rings is 1. The minimum absolute atomic E-state index is 0.136. The summed E-state index contributed by atoms with van der Waals surface area (Å²) in [5.74, 6) is 0.878. The fourth-order valence-electron chi connectivity index (χ4n) is 2.27. The summed E-state index contributed by atoms with van der Waals surface area (Å²) in [4.78, 5) is 26.9. The summed E-state index contributed by atoms with van der Waals surface area (Å²) in [7, 11) is 0. The van der Waals surface area contributed by atoms with E-state index in [4.69, 9.17) is 0 Å². The highest BCUT2D eigenvalue weighted by molar-refractivity contribution is 7.13. The Morgan fingerprint density at radius 2 is 1.85 bits per heavy atom. The van der Waals surface area contributed by atoms with E-state index in [9.17, 15) is 4.79 Å². The van der Waals surface area contributed by atoms with Gasteiger partial charge in [-0.1, -0.05) is 0 Å². The maximum absolute atomic E-state index is 12.3. The molecule has 0 aromatic carbocycles. The van der Waals surface area contributed by atoms with Crippen LogP contribution in [0.25, 0.3) is 0 Å². The summed E-state index contributed by atoms with van der Waals surface area (Å²) in [6.45, 7) is 5.01. The molecule has 0 atom stereocenters. The first-order chi connectivity index (χ1) is 9.74. The van der Waals surface area contributed by atoms with E-state index in [2.05, 4.69) is 14.9 Å². The Morgan fingerprint density at radius 3 is 2.45 bits per heavy atom. The second kappa shape index (κ2) is 5.58. The van der Waals surface area contributed by atoms with Gasteiger partial charge in [0.05, 0.1) is 4.88 Å². The molecule has 0 N–H and O–H groups in total. The molecule has 5 nitrogen and oxygen atoms in total. The molecule has 1 saturated heterocycles. The Labute approximate surface area is 121 Å². The van der Waals surface area contributed by atoms with Crippen LogP contribution in [0, 0.1) is 6.92 Å². The number of amides is 1. The molecule has 3 heterocycles. The van der Waals surface area contributed by atoms with Gasteiger partial charge in [0, 0.05) is 43.4 Å². The molecule has 6 heteroatoms. The van der Waals surface area contributed by atoms with Crippen LogP contribution >= 0.6 is 11.3 Å². The third kappa shape index (κ3) is 2.65. The fraction of sp³-hybridized carbons (Fsp3) is 0.357. The second-order valence-electron chi connectivity index (χ2n) is 4.74. The van der Waals surface area contributed by atoms with Gasteiger partial charge in [-0.3, -0.25) is 4.79 Å². The van der Waals surface area contributed by atoms with Crippen molar-refractivity contribution in [3.63, 3.8) is 0 Å². The van der Waals surface area contributed by atoms with Crippen molar-refractivity contribution >= 4 is 23.2 Å². The van der Waals surface area contributed by atoms with Crippen LogP contribution in [-0.4, -0.2) is 47.0 Å². The average molecular weight is 288 g/mol. The molecule has 1 aliphatic rings. The molecular weight excluding hydrogens is 272 g/mol. The maximum Gasteiger partial charge on any atom is 0.264 e. The lowest BCUT2D eigenvalue weighted by Crippen LogP contribution is -2.49. The third-order valence-corrected chi connectivity index (χ3v) is 4.34. The van der Waals surface area contributed by atoms with Crippen LogP contribution in [0.15, 0.2) is 30.6 Å². The molecule has 104 valence electrons. The summed E-state index contributed by atoms with van der Waals surface area (Å²) >= 11 is 1.56. The van der Waals surface area contributed by atoms with Crippen molar-refractivity contribution in [1.82, 2.24) is 14.9 Å². The lowest BCUT2D eigenvalue weighted by atomic mass is 10.3. The van der Waals surface area contributed by atoms with Crippen LogP contribution in [-0.2, 0) is 0 Å². The predicted molar refractivity (Wildman–Crippen MR) is 79.2 cm³/mol. The summed E-state index contributed by atoms with van der Waals surface area (Å²) < 4.78 is 0. The first-order valence-corrected chi connectivity index (χ1v) is 7.43. The van der Waals surface area contributed by atoms with Gasteiger partial charge in [-0.25, -0.2) is 9.97 Å². The monoisotopic (exact) mass is 288 g/mol. The number of nitrogens with zero attached hydrogens (tertiary/aromatic N) is 4. The second-order valence-corrected chi connectivity index (χ2v) is 6.03. The van der Waals surface area contributed by atoms with Gasteiger partial charge in [0.2, 0.25) is 5.95 Å².